The maximum absolute atomic E-state index is 11.1. The van der Waals surface area contributed by atoms with Crippen LogP contribution in [0.5, 0.6) is 0 Å². The van der Waals surface area contributed by atoms with E-state index in [1.165, 1.54) is 18.6 Å². The van der Waals surface area contributed by atoms with Crippen LogP contribution in [0.15, 0.2) is 0 Å². The van der Waals surface area contributed by atoms with Gasteiger partial charge >= 0.3 is 5.97 Å². The van der Waals surface area contributed by atoms with Crippen LogP contribution in [0.3, 0.4) is 0 Å². The second kappa shape index (κ2) is 7.18. The zero-order valence-corrected chi connectivity index (χ0v) is 11.1. The Morgan fingerprint density at radius 1 is 1.41 bits per heavy atom. The minimum absolute atomic E-state index is 0.228. The molecule has 0 saturated heterocycles. The highest BCUT2D eigenvalue weighted by Crippen LogP contribution is 2.16. The van der Waals surface area contributed by atoms with Gasteiger partial charge in [0.25, 0.3) is 0 Å². The monoisotopic (exact) mass is 259 g/mol. The molecule has 0 bridgehead atoms. The molecule has 0 saturated carbocycles. The lowest BCUT2D eigenvalue weighted by molar-refractivity contribution is -0.140. The number of aromatic nitrogens is 2. The van der Waals surface area contributed by atoms with Crippen LogP contribution in [0.4, 0.5) is 5.13 Å². The van der Waals surface area contributed by atoms with Crippen molar-refractivity contribution < 1.29 is 14.3 Å². The van der Waals surface area contributed by atoms with Crippen LogP contribution in [0, 0.1) is 6.92 Å². The number of carbonyl (C=O) groups excluding carboxylic acids is 1. The summed E-state index contributed by atoms with van der Waals surface area (Å²) in [5.41, 5.74) is 0. The van der Waals surface area contributed by atoms with Gasteiger partial charge in [-0.3, -0.25) is 4.79 Å². The molecule has 96 valence electrons. The summed E-state index contributed by atoms with van der Waals surface area (Å²) in [6, 6.07) is 0. The standard InChI is InChI=1S/C10H17N3O3S/c1-8-11-10(17-12-8)13(6-7-15-2)5-4-9(14)16-3/h4-7H2,1-3H3. The predicted molar refractivity (Wildman–Crippen MR) is 65.4 cm³/mol. The van der Waals surface area contributed by atoms with Crippen molar-refractivity contribution in [2.45, 2.75) is 13.3 Å². The first-order chi connectivity index (χ1) is 8.17. The topological polar surface area (TPSA) is 64.5 Å². The van der Waals surface area contributed by atoms with Crippen molar-refractivity contribution in [3.63, 3.8) is 0 Å². The van der Waals surface area contributed by atoms with Gasteiger partial charge in [0.05, 0.1) is 20.1 Å². The van der Waals surface area contributed by atoms with E-state index in [2.05, 4.69) is 14.1 Å². The first-order valence-electron chi connectivity index (χ1n) is 5.28. The van der Waals surface area contributed by atoms with E-state index in [9.17, 15) is 4.79 Å². The summed E-state index contributed by atoms with van der Waals surface area (Å²) in [7, 11) is 3.03. The number of nitrogens with zero attached hydrogens (tertiary/aromatic N) is 3. The SMILES string of the molecule is COCCN(CCC(=O)OC)c1nc(C)ns1. The van der Waals surface area contributed by atoms with Gasteiger partial charge in [-0.15, -0.1) is 0 Å². The average molecular weight is 259 g/mol. The third-order valence-corrected chi connectivity index (χ3v) is 3.03. The number of hydrogen-bond acceptors (Lipinski definition) is 7. The summed E-state index contributed by atoms with van der Waals surface area (Å²) >= 11 is 1.32. The first kappa shape index (κ1) is 13.9. The van der Waals surface area contributed by atoms with Gasteiger partial charge < -0.3 is 14.4 Å². The second-order valence-corrected chi connectivity index (χ2v) is 4.16. The molecule has 1 heterocycles. The van der Waals surface area contributed by atoms with Gasteiger partial charge in [0.2, 0.25) is 5.13 Å². The number of methoxy groups -OCH3 is 2. The third-order valence-electron chi connectivity index (χ3n) is 2.17. The molecule has 0 aliphatic heterocycles. The zero-order chi connectivity index (χ0) is 12.7. The van der Waals surface area contributed by atoms with Gasteiger partial charge in [-0.2, -0.15) is 4.37 Å². The Bertz CT molecular complexity index is 356. The Balaban J connectivity index is 2.57. The number of carbonyl (C=O) groups is 1. The molecule has 1 rings (SSSR count). The molecular weight excluding hydrogens is 242 g/mol. The Morgan fingerprint density at radius 2 is 2.18 bits per heavy atom. The zero-order valence-electron chi connectivity index (χ0n) is 10.3. The Morgan fingerprint density at radius 3 is 2.71 bits per heavy atom. The predicted octanol–water partition coefficient (Wildman–Crippen LogP) is 0.862. The van der Waals surface area contributed by atoms with E-state index < -0.39 is 0 Å². The molecule has 0 aliphatic rings. The molecule has 0 fully saturated rings. The fraction of sp³-hybridized carbons (Fsp3) is 0.700. The maximum atomic E-state index is 11.1. The van der Waals surface area contributed by atoms with Gasteiger partial charge in [-0.05, 0) is 6.92 Å². The van der Waals surface area contributed by atoms with Gasteiger partial charge in [0.1, 0.15) is 5.82 Å². The highest BCUT2D eigenvalue weighted by atomic mass is 32.1. The van der Waals surface area contributed by atoms with Crippen LogP contribution >= 0.6 is 11.5 Å². The number of ether oxygens (including phenoxy) is 2. The Hall–Kier alpha value is -1.21. The van der Waals surface area contributed by atoms with Crippen LogP contribution in [0.1, 0.15) is 12.2 Å². The molecule has 0 unspecified atom stereocenters. The molecule has 0 spiro atoms. The van der Waals surface area contributed by atoms with Gasteiger partial charge in [0.15, 0.2) is 0 Å². The van der Waals surface area contributed by atoms with Crippen LogP contribution < -0.4 is 4.90 Å². The largest absolute Gasteiger partial charge is 0.469 e. The van der Waals surface area contributed by atoms with Crippen LogP contribution in [-0.2, 0) is 14.3 Å². The number of aryl methyl sites for hydroxylation is 1. The minimum Gasteiger partial charge on any atom is -0.469 e. The Labute approximate surface area is 105 Å². The number of esters is 1. The van der Waals surface area contributed by atoms with E-state index in [4.69, 9.17) is 4.74 Å². The van der Waals surface area contributed by atoms with Gasteiger partial charge in [-0.25, -0.2) is 4.98 Å². The molecule has 0 N–H and O–H groups in total. The van der Waals surface area contributed by atoms with E-state index in [1.807, 2.05) is 11.8 Å². The normalized spacial score (nSPS) is 10.3. The average Bonchev–Trinajstić information content (AvgIpc) is 2.75. The molecule has 0 amide bonds. The molecule has 0 aromatic carbocycles. The molecule has 0 aliphatic carbocycles. The fourth-order valence-corrected chi connectivity index (χ4v) is 1.97. The van der Waals surface area contributed by atoms with E-state index in [1.54, 1.807) is 7.11 Å². The molecule has 6 nitrogen and oxygen atoms in total. The molecule has 7 heteroatoms. The molecular formula is C10H17N3O3S. The summed E-state index contributed by atoms with van der Waals surface area (Å²) in [5.74, 6) is 0.513. The van der Waals surface area contributed by atoms with E-state index in [0.29, 0.717) is 26.1 Å². The fourth-order valence-electron chi connectivity index (χ4n) is 1.25. The molecule has 17 heavy (non-hydrogen) atoms. The summed E-state index contributed by atoms with van der Waals surface area (Å²) in [4.78, 5) is 17.4. The highest BCUT2D eigenvalue weighted by molar-refractivity contribution is 7.09. The van der Waals surface area contributed by atoms with Gasteiger partial charge in [-0.1, -0.05) is 0 Å². The van der Waals surface area contributed by atoms with Crippen molar-refractivity contribution in [2.75, 3.05) is 38.8 Å². The maximum Gasteiger partial charge on any atom is 0.307 e. The summed E-state index contributed by atoms with van der Waals surface area (Å²) in [6.45, 7) is 3.67. The highest BCUT2D eigenvalue weighted by Gasteiger charge is 2.13. The quantitative estimate of drug-likeness (QED) is 0.677. The van der Waals surface area contributed by atoms with Crippen molar-refractivity contribution in [1.29, 1.82) is 0 Å². The van der Waals surface area contributed by atoms with Crippen molar-refractivity contribution in [2.24, 2.45) is 0 Å². The minimum atomic E-state index is -0.228. The van der Waals surface area contributed by atoms with Crippen molar-refractivity contribution in [3.8, 4) is 0 Å². The molecule has 1 aromatic rings. The lowest BCUT2D eigenvalue weighted by Crippen LogP contribution is -2.29. The van der Waals surface area contributed by atoms with Crippen LogP contribution in [0.25, 0.3) is 0 Å². The number of anilines is 1. The lowest BCUT2D eigenvalue weighted by Gasteiger charge is -2.20. The summed E-state index contributed by atoms with van der Waals surface area (Å²) in [5, 5.41) is 0.809. The van der Waals surface area contributed by atoms with Crippen molar-refractivity contribution in [3.05, 3.63) is 5.82 Å². The molecule has 0 radical (unpaired) electrons. The number of hydrogen-bond donors (Lipinski definition) is 0. The third kappa shape index (κ3) is 4.66. The molecule has 0 atom stereocenters. The van der Waals surface area contributed by atoms with Crippen molar-refractivity contribution in [1.82, 2.24) is 9.36 Å². The van der Waals surface area contributed by atoms with Crippen LogP contribution in [-0.4, -0.2) is 49.2 Å². The van der Waals surface area contributed by atoms with E-state index in [0.717, 1.165) is 11.0 Å². The Kier molecular flexibility index (Phi) is 5.85. The summed E-state index contributed by atoms with van der Waals surface area (Å²) in [6.07, 6.45) is 0.332. The van der Waals surface area contributed by atoms with Crippen molar-refractivity contribution >= 4 is 22.6 Å². The lowest BCUT2D eigenvalue weighted by atomic mass is 10.4. The summed E-state index contributed by atoms with van der Waals surface area (Å²) < 4.78 is 13.8. The van der Waals surface area contributed by atoms with E-state index >= 15 is 0 Å². The second-order valence-electron chi connectivity index (χ2n) is 3.43. The van der Waals surface area contributed by atoms with Crippen LogP contribution in [0.2, 0.25) is 0 Å². The molecule has 1 aromatic heterocycles. The van der Waals surface area contributed by atoms with Gasteiger partial charge in [0, 0.05) is 31.7 Å². The number of rotatable bonds is 7. The van der Waals surface area contributed by atoms with E-state index in [-0.39, 0.29) is 5.97 Å². The first-order valence-corrected chi connectivity index (χ1v) is 6.05. The smallest absolute Gasteiger partial charge is 0.307 e.